The van der Waals surface area contributed by atoms with E-state index in [1.807, 2.05) is 18.2 Å². The van der Waals surface area contributed by atoms with Crippen molar-refractivity contribution in [2.45, 2.75) is 69.1 Å². The highest BCUT2D eigenvalue weighted by Crippen LogP contribution is 2.50. The van der Waals surface area contributed by atoms with Gasteiger partial charge in [0.05, 0.1) is 5.25 Å². The minimum atomic E-state index is -3.34. The number of ether oxygens (including phenoxy) is 1. The van der Waals surface area contributed by atoms with Crippen LogP contribution >= 0.6 is 0 Å². The highest BCUT2D eigenvalue weighted by Gasteiger charge is 2.55. The van der Waals surface area contributed by atoms with Gasteiger partial charge in [-0.25, -0.2) is 12.7 Å². The fourth-order valence-corrected chi connectivity index (χ4v) is 9.10. The first-order chi connectivity index (χ1) is 20.5. The number of sulfonamides is 1. The summed E-state index contributed by atoms with van der Waals surface area (Å²) in [6.07, 6.45) is 5.78. The van der Waals surface area contributed by atoms with Crippen LogP contribution in [0.2, 0.25) is 0 Å². The molecule has 1 unspecified atom stereocenters. The summed E-state index contributed by atoms with van der Waals surface area (Å²) in [5.74, 6) is 1.30. The lowest BCUT2D eigenvalue weighted by molar-refractivity contribution is -0.127. The van der Waals surface area contributed by atoms with Crippen molar-refractivity contribution >= 4 is 10.0 Å². The second-order valence-corrected chi connectivity index (χ2v) is 15.4. The van der Waals surface area contributed by atoms with Gasteiger partial charge in [0.15, 0.2) is 0 Å². The van der Waals surface area contributed by atoms with Crippen LogP contribution in [0.1, 0.15) is 80.9 Å². The number of hydrogen-bond acceptors (Lipinski definition) is 9. The van der Waals surface area contributed by atoms with E-state index in [0.717, 1.165) is 18.7 Å². The van der Waals surface area contributed by atoms with Crippen molar-refractivity contribution in [2.24, 2.45) is 5.41 Å². The van der Waals surface area contributed by atoms with E-state index in [9.17, 15) is 13.5 Å². The van der Waals surface area contributed by atoms with Crippen molar-refractivity contribution in [3.8, 4) is 11.4 Å². The minimum absolute atomic E-state index is 0.0145. The maximum atomic E-state index is 13.1. The van der Waals surface area contributed by atoms with E-state index in [-0.39, 0.29) is 11.2 Å². The Morgan fingerprint density at radius 2 is 1.70 bits per heavy atom. The van der Waals surface area contributed by atoms with Gasteiger partial charge in [-0.2, -0.15) is 4.98 Å². The molecule has 232 valence electrons. The molecule has 1 N–H and O–H groups in total. The van der Waals surface area contributed by atoms with E-state index >= 15 is 0 Å². The fraction of sp³-hybridized carbons (Fsp3) is 0.594. The quantitative estimate of drug-likeness (QED) is 0.402. The van der Waals surface area contributed by atoms with Crippen molar-refractivity contribution in [3.05, 3.63) is 65.3 Å². The van der Waals surface area contributed by atoms with Gasteiger partial charge in [-0.05, 0) is 55.8 Å². The SMILES string of the molecule is CC(C)c1ccc(C(O)(c2cncc(-c3noc(C4CCN(S(=O)(=O)C5CCOCC5)CC4)n3)c2)C2(C)CN(C)C2)cc1. The average molecular weight is 610 g/mol. The van der Waals surface area contributed by atoms with Gasteiger partial charge in [0.2, 0.25) is 21.7 Å². The first-order valence-electron chi connectivity index (χ1n) is 15.4. The van der Waals surface area contributed by atoms with E-state index in [1.54, 1.807) is 16.7 Å². The normalized spacial score (nSPS) is 22.4. The second kappa shape index (κ2) is 11.7. The molecule has 0 spiro atoms. The number of likely N-dealkylation sites (tertiary alicyclic amines) is 1. The molecule has 3 aliphatic rings. The lowest BCUT2D eigenvalue weighted by Gasteiger charge is -2.55. The number of hydrogen-bond donors (Lipinski definition) is 1. The topological polar surface area (TPSA) is 122 Å². The molecule has 0 bridgehead atoms. The molecule has 1 atom stereocenters. The Morgan fingerprint density at radius 1 is 1.02 bits per heavy atom. The van der Waals surface area contributed by atoms with Crippen LogP contribution in [0.15, 0.2) is 47.2 Å². The zero-order valence-electron chi connectivity index (χ0n) is 25.6. The number of nitrogens with zero attached hydrogens (tertiary/aromatic N) is 5. The second-order valence-electron chi connectivity index (χ2n) is 13.2. The highest BCUT2D eigenvalue weighted by atomic mass is 32.2. The summed E-state index contributed by atoms with van der Waals surface area (Å²) in [5, 5.41) is 16.5. The third kappa shape index (κ3) is 5.55. The molecule has 3 fully saturated rings. The van der Waals surface area contributed by atoms with Crippen LogP contribution in [-0.2, 0) is 20.4 Å². The summed E-state index contributed by atoms with van der Waals surface area (Å²) in [7, 11) is -1.28. The number of piperidine rings is 1. The number of pyridine rings is 1. The van der Waals surface area contributed by atoms with E-state index in [2.05, 4.69) is 55.0 Å². The van der Waals surface area contributed by atoms with Crippen molar-refractivity contribution in [1.29, 1.82) is 0 Å². The summed E-state index contributed by atoms with van der Waals surface area (Å²) >= 11 is 0. The molecule has 2 aromatic heterocycles. The van der Waals surface area contributed by atoms with Gasteiger partial charge >= 0.3 is 0 Å². The molecule has 5 heterocycles. The third-order valence-electron chi connectivity index (χ3n) is 9.71. The first-order valence-corrected chi connectivity index (χ1v) is 16.9. The van der Waals surface area contributed by atoms with Gasteiger partial charge in [-0.1, -0.05) is 50.2 Å². The Bertz CT molecular complexity index is 1520. The summed E-state index contributed by atoms with van der Waals surface area (Å²) in [4.78, 5) is 11.4. The molecule has 11 heteroatoms. The molecular formula is C32H43N5O5S. The van der Waals surface area contributed by atoms with E-state index in [4.69, 9.17) is 14.2 Å². The molecule has 0 aliphatic carbocycles. The maximum absolute atomic E-state index is 13.1. The van der Waals surface area contributed by atoms with Crippen molar-refractivity contribution in [1.82, 2.24) is 24.3 Å². The van der Waals surface area contributed by atoms with Gasteiger partial charge in [0.1, 0.15) is 5.60 Å². The van der Waals surface area contributed by atoms with Gasteiger partial charge < -0.3 is 19.3 Å². The van der Waals surface area contributed by atoms with Crippen LogP contribution in [-0.4, -0.2) is 89.5 Å². The zero-order valence-corrected chi connectivity index (χ0v) is 26.4. The maximum Gasteiger partial charge on any atom is 0.230 e. The van der Waals surface area contributed by atoms with Crippen LogP contribution in [0, 0.1) is 5.41 Å². The Morgan fingerprint density at radius 3 is 2.33 bits per heavy atom. The first kappa shape index (κ1) is 30.3. The summed E-state index contributed by atoms with van der Waals surface area (Å²) in [5.41, 5.74) is 1.73. The summed E-state index contributed by atoms with van der Waals surface area (Å²) in [6, 6.07) is 10.2. The zero-order chi connectivity index (χ0) is 30.4. The fourth-order valence-electron chi connectivity index (χ4n) is 7.17. The minimum Gasteiger partial charge on any atom is -0.381 e. The molecule has 0 radical (unpaired) electrons. The Balaban J connectivity index is 1.22. The summed E-state index contributed by atoms with van der Waals surface area (Å²) < 4.78 is 39.0. The van der Waals surface area contributed by atoms with Gasteiger partial charge in [0.25, 0.3) is 0 Å². The van der Waals surface area contributed by atoms with Gasteiger partial charge in [-0.3, -0.25) is 4.98 Å². The van der Waals surface area contributed by atoms with Crippen LogP contribution in [0.4, 0.5) is 0 Å². The number of aromatic nitrogens is 3. The van der Waals surface area contributed by atoms with E-state index in [0.29, 0.717) is 80.7 Å². The molecule has 10 nitrogen and oxygen atoms in total. The molecule has 3 aromatic rings. The molecule has 1 aromatic carbocycles. The largest absolute Gasteiger partial charge is 0.381 e. The van der Waals surface area contributed by atoms with Crippen molar-refractivity contribution in [2.75, 3.05) is 46.4 Å². The van der Waals surface area contributed by atoms with E-state index in [1.165, 1.54) is 5.56 Å². The van der Waals surface area contributed by atoms with Crippen LogP contribution in [0.5, 0.6) is 0 Å². The summed E-state index contributed by atoms with van der Waals surface area (Å²) in [6.45, 7) is 9.81. The van der Waals surface area contributed by atoms with Gasteiger partial charge in [-0.15, -0.1) is 0 Å². The standard InChI is InChI=1S/C32H43N5O5S/c1-22(2)23-5-7-26(8-6-23)32(38,31(3)20-36(4)21-31)27-17-25(18-33-19-27)29-34-30(42-35-29)24-9-13-37(14-10-24)43(39,40)28-11-15-41-16-12-28/h5-8,17-19,22,24,28,38H,9-16,20-21H2,1-4H3. The predicted octanol–water partition coefficient (Wildman–Crippen LogP) is 4.13. The average Bonchev–Trinajstić information content (AvgIpc) is 3.51. The molecule has 43 heavy (non-hydrogen) atoms. The smallest absolute Gasteiger partial charge is 0.230 e. The lowest BCUT2D eigenvalue weighted by Crippen LogP contribution is -2.63. The number of aliphatic hydroxyl groups is 1. The number of rotatable bonds is 8. The Hall–Kier alpha value is -2.70. The highest BCUT2D eigenvalue weighted by molar-refractivity contribution is 7.89. The molecule has 6 rings (SSSR count). The third-order valence-corrected chi connectivity index (χ3v) is 12.1. The Labute approximate surface area is 254 Å². The predicted molar refractivity (Wildman–Crippen MR) is 163 cm³/mol. The van der Waals surface area contributed by atoms with Crippen LogP contribution in [0.25, 0.3) is 11.4 Å². The van der Waals surface area contributed by atoms with Crippen LogP contribution in [0.3, 0.4) is 0 Å². The van der Waals surface area contributed by atoms with E-state index < -0.39 is 21.0 Å². The molecular weight excluding hydrogens is 566 g/mol. The molecule has 3 saturated heterocycles. The Kier molecular flexibility index (Phi) is 8.23. The van der Waals surface area contributed by atoms with Crippen molar-refractivity contribution < 1.29 is 22.8 Å². The lowest BCUT2D eigenvalue weighted by atomic mass is 9.62. The van der Waals surface area contributed by atoms with Gasteiger partial charge in [0, 0.05) is 74.2 Å². The molecule has 0 amide bonds. The molecule has 3 aliphatic heterocycles. The monoisotopic (exact) mass is 609 g/mol. The molecule has 0 saturated carbocycles. The van der Waals surface area contributed by atoms with Crippen molar-refractivity contribution in [3.63, 3.8) is 0 Å². The van der Waals surface area contributed by atoms with Crippen LogP contribution < -0.4 is 0 Å². The number of benzene rings is 1.